The Morgan fingerprint density at radius 1 is 0.900 bits per heavy atom. The van der Waals surface area contributed by atoms with Gasteiger partial charge in [0.1, 0.15) is 13.2 Å². The molecule has 0 fully saturated rings. The second kappa shape index (κ2) is 6.80. The van der Waals surface area contributed by atoms with Crippen molar-refractivity contribution in [2.24, 2.45) is 0 Å². The van der Waals surface area contributed by atoms with Gasteiger partial charge in [-0.3, -0.25) is 0 Å². The highest BCUT2D eigenvalue weighted by Crippen LogP contribution is 2.27. The van der Waals surface area contributed by atoms with Crippen molar-refractivity contribution < 1.29 is 18.6 Å². The summed E-state index contributed by atoms with van der Waals surface area (Å²) in [6.45, 7) is 2.55. The van der Waals surface area contributed by atoms with Crippen molar-refractivity contribution >= 4 is 0 Å². The van der Waals surface area contributed by atoms with Crippen molar-refractivity contribution in [2.75, 3.05) is 20.3 Å². The van der Waals surface area contributed by atoms with E-state index in [0.29, 0.717) is 18.1 Å². The number of hydrogen-bond acceptors (Lipinski definition) is 3. The Bertz CT molecular complexity index is 569. The lowest BCUT2D eigenvalue weighted by Gasteiger charge is -2.12. The molecular formula is C16H17FO3. The minimum Gasteiger partial charge on any atom is -0.493 e. The van der Waals surface area contributed by atoms with Crippen molar-refractivity contribution in [3.8, 4) is 17.2 Å². The van der Waals surface area contributed by atoms with Gasteiger partial charge in [-0.25, -0.2) is 4.39 Å². The first-order valence-electron chi connectivity index (χ1n) is 6.35. The molecule has 2 aromatic carbocycles. The Morgan fingerprint density at radius 2 is 1.60 bits per heavy atom. The second-order valence-corrected chi connectivity index (χ2v) is 4.28. The molecular weight excluding hydrogens is 259 g/mol. The number of aryl methyl sites for hydroxylation is 1. The highest BCUT2D eigenvalue weighted by molar-refractivity contribution is 5.42. The molecule has 0 bridgehead atoms. The molecule has 0 radical (unpaired) electrons. The van der Waals surface area contributed by atoms with E-state index in [4.69, 9.17) is 14.2 Å². The van der Waals surface area contributed by atoms with Crippen LogP contribution in [0.3, 0.4) is 0 Å². The van der Waals surface area contributed by atoms with Crippen LogP contribution >= 0.6 is 0 Å². The predicted molar refractivity (Wildman–Crippen MR) is 75.1 cm³/mol. The number of para-hydroxylation sites is 1. The molecule has 0 aliphatic heterocycles. The van der Waals surface area contributed by atoms with Crippen LogP contribution in [0.25, 0.3) is 0 Å². The van der Waals surface area contributed by atoms with E-state index in [1.54, 1.807) is 25.3 Å². The van der Waals surface area contributed by atoms with Gasteiger partial charge in [0.2, 0.25) is 0 Å². The summed E-state index contributed by atoms with van der Waals surface area (Å²) in [6, 6.07) is 12.0. The van der Waals surface area contributed by atoms with Gasteiger partial charge in [0, 0.05) is 0 Å². The van der Waals surface area contributed by atoms with Gasteiger partial charge in [-0.2, -0.15) is 0 Å². The van der Waals surface area contributed by atoms with Gasteiger partial charge < -0.3 is 14.2 Å². The lowest BCUT2D eigenvalue weighted by atomic mass is 10.2. The first kappa shape index (κ1) is 14.2. The number of hydrogen-bond donors (Lipinski definition) is 0. The number of rotatable bonds is 6. The fourth-order valence-corrected chi connectivity index (χ4v) is 1.76. The Kier molecular flexibility index (Phi) is 4.82. The van der Waals surface area contributed by atoms with Gasteiger partial charge in [0.25, 0.3) is 0 Å². The molecule has 0 saturated heterocycles. The van der Waals surface area contributed by atoms with Gasteiger partial charge in [-0.05, 0) is 36.8 Å². The maximum atomic E-state index is 13.3. The third-order valence-electron chi connectivity index (χ3n) is 2.75. The first-order valence-corrected chi connectivity index (χ1v) is 6.35. The van der Waals surface area contributed by atoms with E-state index in [9.17, 15) is 4.39 Å². The third-order valence-corrected chi connectivity index (χ3v) is 2.75. The van der Waals surface area contributed by atoms with Gasteiger partial charge in [0.05, 0.1) is 7.11 Å². The topological polar surface area (TPSA) is 27.7 Å². The van der Waals surface area contributed by atoms with Crippen LogP contribution in [0.1, 0.15) is 5.56 Å². The van der Waals surface area contributed by atoms with Crippen molar-refractivity contribution in [1.29, 1.82) is 0 Å². The van der Waals surface area contributed by atoms with E-state index in [1.165, 1.54) is 6.07 Å². The van der Waals surface area contributed by atoms with Gasteiger partial charge in [0.15, 0.2) is 23.1 Å². The molecule has 0 saturated carbocycles. The van der Waals surface area contributed by atoms with Crippen LogP contribution in [0.5, 0.6) is 17.2 Å². The normalized spacial score (nSPS) is 10.2. The fourth-order valence-electron chi connectivity index (χ4n) is 1.76. The first-order chi connectivity index (χ1) is 9.70. The van der Waals surface area contributed by atoms with Crippen LogP contribution in [0.15, 0.2) is 42.5 Å². The highest BCUT2D eigenvalue weighted by atomic mass is 19.1. The Balaban J connectivity index is 1.86. The van der Waals surface area contributed by atoms with E-state index in [0.717, 1.165) is 5.56 Å². The molecule has 2 rings (SSSR count). The summed E-state index contributed by atoms with van der Waals surface area (Å²) in [5.74, 6) is 1.18. The maximum Gasteiger partial charge on any atom is 0.165 e. The number of benzene rings is 2. The van der Waals surface area contributed by atoms with Crippen molar-refractivity contribution in [2.45, 2.75) is 6.92 Å². The minimum absolute atomic E-state index is 0.229. The Morgan fingerprint density at radius 3 is 2.30 bits per heavy atom. The lowest BCUT2D eigenvalue weighted by molar-refractivity contribution is 0.206. The number of ether oxygens (including phenoxy) is 3. The van der Waals surface area contributed by atoms with Crippen LogP contribution in [-0.4, -0.2) is 20.3 Å². The van der Waals surface area contributed by atoms with E-state index >= 15 is 0 Å². The van der Waals surface area contributed by atoms with Gasteiger partial charge >= 0.3 is 0 Å². The van der Waals surface area contributed by atoms with Gasteiger partial charge in [-0.1, -0.05) is 18.2 Å². The molecule has 3 nitrogen and oxygen atoms in total. The molecule has 0 unspecified atom stereocenters. The number of methoxy groups -OCH3 is 1. The van der Waals surface area contributed by atoms with Crippen molar-refractivity contribution in [1.82, 2.24) is 0 Å². The minimum atomic E-state index is -0.375. The standard InChI is InChI=1S/C16H17FO3/c1-12-7-8-15(16(11-12)18-2)20-10-9-19-14-6-4-3-5-13(14)17/h3-8,11H,9-10H2,1-2H3. The molecule has 0 N–H and O–H groups in total. The number of halogens is 1. The van der Waals surface area contributed by atoms with Crippen LogP contribution < -0.4 is 14.2 Å². The van der Waals surface area contributed by atoms with Gasteiger partial charge in [-0.15, -0.1) is 0 Å². The quantitative estimate of drug-likeness (QED) is 0.754. The summed E-state index contributed by atoms with van der Waals surface area (Å²) < 4.78 is 29.4. The Labute approximate surface area is 117 Å². The molecule has 2 aromatic rings. The zero-order valence-corrected chi connectivity index (χ0v) is 11.6. The summed E-state index contributed by atoms with van der Waals surface area (Å²) in [6.07, 6.45) is 0. The summed E-state index contributed by atoms with van der Waals surface area (Å²) in [5.41, 5.74) is 1.09. The third kappa shape index (κ3) is 3.63. The molecule has 0 atom stereocenters. The summed E-state index contributed by atoms with van der Waals surface area (Å²) in [5, 5.41) is 0. The van der Waals surface area contributed by atoms with E-state index in [2.05, 4.69) is 0 Å². The average molecular weight is 276 g/mol. The van der Waals surface area contributed by atoms with Crippen LogP contribution in [0.2, 0.25) is 0 Å². The summed E-state index contributed by atoms with van der Waals surface area (Å²) in [4.78, 5) is 0. The monoisotopic (exact) mass is 276 g/mol. The highest BCUT2D eigenvalue weighted by Gasteiger charge is 2.05. The molecule has 0 aliphatic rings. The molecule has 0 spiro atoms. The Hall–Kier alpha value is -2.23. The van der Waals surface area contributed by atoms with Crippen LogP contribution in [0.4, 0.5) is 4.39 Å². The van der Waals surface area contributed by atoms with E-state index < -0.39 is 0 Å². The van der Waals surface area contributed by atoms with Crippen LogP contribution in [0, 0.1) is 12.7 Å². The summed E-state index contributed by atoms with van der Waals surface area (Å²) in [7, 11) is 1.59. The smallest absolute Gasteiger partial charge is 0.165 e. The largest absolute Gasteiger partial charge is 0.493 e. The molecule has 20 heavy (non-hydrogen) atoms. The maximum absolute atomic E-state index is 13.3. The van der Waals surface area contributed by atoms with Crippen molar-refractivity contribution in [3.05, 3.63) is 53.8 Å². The SMILES string of the molecule is COc1cc(C)ccc1OCCOc1ccccc1F. The van der Waals surface area contributed by atoms with E-state index in [-0.39, 0.29) is 18.2 Å². The molecule has 0 aromatic heterocycles. The molecule has 106 valence electrons. The van der Waals surface area contributed by atoms with Crippen molar-refractivity contribution in [3.63, 3.8) is 0 Å². The molecule has 0 aliphatic carbocycles. The van der Waals surface area contributed by atoms with E-state index in [1.807, 2.05) is 25.1 Å². The molecule has 0 heterocycles. The molecule has 4 heteroatoms. The zero-order valence-electron chi connectivity index (χ0n) is 11.6. The average Bonchev–Trinajstić information content (AvgIpc) is 2.46. The second-order valence-electron chi connectivity index (χ2n) is 4.28. The molecule has 0 amide bonds. The summed E-state index contributed by atoms with van der Waals surface area (Å²) >= 11 is 0. The van der Waals surface area contributed by atoms with Crippen LogP contribution in [-0.2, 0) is 0 Å². The zero-order chi connectivity index (χ0) is 14.4. The predicted octanol–water partition coefficient (Wildman–Crippen LogP) is 3.60. The lowest BCUT2D eigenvalue weighted by Crippen LogP contribution is -2.10. The fraction of sp³-hybridized carbons (Fsp3) is 0.250.